The number of carbonyl (C=O) groups excluding carboxylic acids is 4. The number of benzene rings is 2. The molecule has 2 aliphatic rings. The van der Waals surface area contributed by atoms with E-state index in [-0.39, 0.29) is 64.2 Å². The average molecular weight is 530 g/mol. The van der Waals surface area contributed by atoms with E-state index >= 15 is 0 Å². The molecule has 10 nitrogen and oxygen atoms in total. The first kappa shape index (κ1) is 25.8. The number of hydrogen-bond donors (Lipinski definition) is 5. The summed E-state index contributed by atoms with van der Waals surface area (Å²) in [6.45, 7) is 6.19. The van der Waals surface area contributed by atoms with Crippen LogP contribution in [0.2, 0.25) is 0 Å². The van der Waals surface area contributed by atoms with Crippen molar-refractivity contribution in [2.75, 3.05) is 13.1 Å². The predicted molar refractivity (Wildman–Crippen MR) is 142 cm³/mol. The molecule has 2 heterocycles. The van der Waals surface area contributed by atoms with Crippen LogP contribution in [0.5, 0.6) is 17.2 Å². The zero-order valence-corrected chi connectivity index (χ0v) is 21.8. The number of H-pyrrole nitrogens is 1. The zero-order valence-electron chi connectivity index (χ0n) is 21.8. The summed E-state index contributed by atoms with van der Waals surface area (Å²) in [6, 6.07) is 9.29. The molecule has 0 fully saturated rings. The molecule has 2 aromatic carbocycles. The Morgan fingerprint density at radius 1 is 1.05 bits per heavy atom. The number of nitrogens with one attached hydrogen (secondary N) is 3. The number of aromatic nitrogens is 1. The van der Waals surface area contributed by atoms with Gasteiger partial charge in [0.1, 0.15) is 39.7 Å². The number of fused-ring (bicyclic) bond motifs is 4. The maximum Gasteiger partial charge on any atom is 0.267 e. The molecule has 0 saturated carbocycles. The number of phenols is 2. The monoisotopic (exact) mass is 529 g/mol. The van der Waals surface area contributed by atoms with Gasteiger partial charge in [0.15, 0.2) is 17.3 Å². The summed E-state index contributed by atoms with van der Waals surface area (Å²) < 4.78 is 5.77. The first-order chi connectivity index (χ1) is 18.5. The number of phenolic OH excluding ortho intramolecular Hbond substituents is 2. The number of allylic oxidation sites excluding steroid dienone is 4. The molecule has 3 aromatic rings. The molecule has 39 heavy (non-hydrogen) atoms. The Balaban J connectivity index is 1.37. The molecular weight excluding hydrogens is 502 g/mol. The van der Waals surface area contributed by atoms with Crippen molar-refractivity contribution in [3.05, 3.63) is 75.8 Å². The van der Waals surface area contributed by atoms with Crippen LogP contribution in [0.1, 0.15) is 52.7 Å². The second-order valence-electron chi connectivity index (χ2n) is 9.84. The Morgan fingerprint density at radius 2 is 1.74 bits per heavy atom. The number of hydrogen-bond acceptors (Lipinski definition) is 8. The van der Waals surface area contributed by atoms with Crippen LogP contribution in [-0.4, -0.2) is 51.5 Å². The highest BCUT2D eigenvalue weighted by Crippen LogP contribution is 2.57. The van der Waals surface area contributed by atoms with Crippen LogP contribution in [0.25, 0.3) is 10.9 Å². The number of aromatic hydroxyl groups is 2. The third kappa shape index (κ3) is 3.87. The fourth-order valence-electron chi connectivity index (χ4n) is 5.17. The molecule has 1 unspecified atom stereocenters. The number of aromatic amines is 1. The standard InChI is InChI=1S/C29H27N3O7/c1-13-24(35)22(15(3)33)26-23(25(13)36)29(4)20(39-26)12-19(34)21(27(29)37)14(2)30-9-10-31-28(38)18-11-16-7-5-6-8-17(16)32-18/h5-8,11-12,30,32,35-36H,9-10H2,1-4H3,(H,31,38). The van der Waals surface area contributed by atoms with Gasteiger partial charge in [-0.1, -0.05) is 18.2 Å². The molecule has 0 bridgehead atoms. The van der Waals surface area contributed by atoms with Crippen LogP contribution in [0.15, 0.2) is 53.4 Å². The molecular formula is C29H27N3O7. The van der Waals surface area contributed by atoms with E-state index < -0.39 is 28.5 Å². The molecule has 1 aromatic heterocycles. The quantitative estimate of drug-likeness (QED) is 0.141. The molecule has 5 rings (SSSR count). The molecule has 0 radical (unpaired) electrons. The number of ether oxygens (including phenoxy) is 1. The summed E-state index contributed by atoms with van der Waals surface area (Å²) in [5.41, 5.74) is -0.267. The topological polar surface area (TPSA) is 158 Å². The largest absolute Gasteiger partial charge is 0.507 e. The third-order valence-electron chi connectivity index (χ3n) is 7.34. The van der Waals surface area contributed by atoms with Crippen LogP contribution >= 0.6 is 0 Å². The van der Waals surface area contributed by atoms with E-state index in [0.29, 0.717) is 5.69 Å². The summed E-state index contributed by atoms with van der Waals surface area (Å²) in [7, 11) is 0. The van der Waals surface area contributed by atoms with Gasteiger partial charge in [0, 0.05) is 41.3 Å². The minimum Gasteiger partial charge on any atom is -0.507 e. The van der Waals surface area contributed by atoms with Crippen molar-refractivity contribution >= 4 is 34.2 Å². The van der Waals surface area contributed by atoms with Gasteiger partial charge >= 0.3 is 0 Å². The highest BCUT2D eigenvalue weighted by Gasteiger charge is 2.56. The lowest BCUT2D eigenvalue weighted by molar-refractivity contribution is -0.123. The van der Waals surface area contributed by atoms with E-state index in [9.17, 15) is 29.4 Å². The van der Waals surface area contributed by atoms with Crippen LogP contribution in [0.4, 0.5) is 0 Å². The molecule has 0 spiro atoms. The summed E-state index contributed by atoms with van der Waals surface area (Å²) >= 11 is 0. The fraction of sp³-hybridized carbons (Fsp3) is 0.241. The van der Waals surface area contributed by atoms with Crippen molar-refractivity contribution in [1.82, 2.24) is 15.6 Å². The van der Waals surface area contributed by atoms with Crippen molar-refractivity contribution in [2.24, 2.45) is 0 Å². The molecule has 10 heteroatoms. The lowest BCUT2D eigenvalue weighted by atomic mass is 9.70. The lowest BCUT2D eigenvalue weighted by Crippen LogP contribution is -2.41. The van der Waals surface area contributed by atoms with E-state index in [1.165, 1.54) is 20.8 Å². The van der Waals surface area contributed by atoms with E-state index in [1.54, 1.807) is 13.0 Å². The minimum atomic E-state index is -1.59. The van der Waals surface area contributed by atoms with Gasteiger partial charge in [0.25, 0.3) is 5.91 Å². The number of carbonyl (C=O) groups is 4. The van der Waals surface area contributed by atoms with Gasteiger partial charge in [-0.2, -0.15) is 0 Å². The Bertz CT molecular complexity index is 1640. The second kappa shape index (κ2) is 9.16. The molecule has 5 N–H and O–H groups in total. The van der Waals surface area contributed by atoms with E-state index in [0.717, 1.165) is 17.0 Å². The zero-order chi connectivity index (χ0) is 28.2. The van der Waals surface area contributed by atoms with E-state index in [1.807, 2.05) is 24.3 Å². The fourth-order valence-corrected chi connectivity index (χ4v) is 5.17. The Hall–Kier alpha value is -4.86. The van der Waals surface area contributed by atoms with Crippen molar-refractivity contribution in [3.63, 3.8) is 0 Å². The summed E-state index contributed by atoms with van der Waals surface area (Å²) in [6.07, 6.45) is 1.16. The van der Waals surface area contributed by atoms with Crippen LogP contribution < -0.4 is 15.4 Å². The Labute approximate surface area is 223 Å². The molecule has 1 aliphatic heterocycles. The molecule has 0 saturated heterocycles. The summed E-state index contributed by atoms with van der Waals surface area (Å²) in [5.74, 6) is -3.02. The van der Waals surface area contributed by atoms with Crippen molar-refractivity contribution in [2.45, 2.75) is 33.1 Å². The third-order valence-corrected chi connectivity index (χ3v) is 7.34. The van der Waals surface area contributed by atoms with Crippen molar-refractivity contribution in [3.8, 4) is 17.2 Å². The number of rotatable bonds is 6. The number of Topliss-reactive ketones (excluding diaryl/α,β-unsaturated/α-hetero) is 2. The summed E-state index contributed by atoms with van der Waals surface area (Å²) in [5, 5.41) is 28.1. The number of para-hydroxylation sites is 1. The van der Waals surface area contributed by atoms with Gasteiger partial charge in [-0.15, -0.1) is 0 Å². The van der Waals surface area contributed by atoms with Crippen molar-refractivity contribution in [1.29, 1.82) is 0 Å². The van der Waals surface area contributed by atoms with Gasteiger partial charge in [-0.25, -0.2) is 0 Å². The smallest absolute Gasteiger partial charge is 0.267 e. The van der Waals surface area contributed by atoms with Crippen LogP contribution in [-0.2, 0) is 15.0 Å². The Morgan fingerprint density at radius 3 is 2.44 bits per heavy atom. The van der Waals surface area contributed by atoms with E-state index in [2.05, 4.69) is 15.6 Å². The van der Waals surface area contributed by atoms with Gasteiger partial charge in [-0.05, 0) is 39.8 Å². The lowest BCUT2D eigenvalue weighted by Gasteiger charge is -2.29. The minimum absolute atomic E-state index is 0.0285. The molecule has 1 atom stereocenters. The van der Waals surface area contributed by atoms with Crippen LogP contribution in [0, 0.1) is 6.92 Å². The molecule has 1 aliphatic carbocycles. The highest BCUT2D eigenvalue weighted by molar-refractivity contribution is 6.31. The maximum absolute atomic E-state index is 13.8. The second-order valence-corrected chi connectivity index (χ2v) is 9.84. The molecule has 1 amide bonds. The van der Waals surface area contributed by atoms with Gasteiger partial charge < -0.3 is 30.6 Å². The van der Waals surface area contributed by atoms with Crippen LogP contribution in [0.3, 0.4) is 0 Å². The van der Waals surface area contributed by atoms with Crippen molar-refractivity contribution < 1.29 is 34.1 Å². The first-order valence-electron chi connectivity index (χ1n) is 12.4. The maximum atomic E-state index is 13.8. The SMILES string of the molecule is CC(=O)c1c(O)c(C)c(O)c2c1OC1=CC(=O)C(=C(C)NCCNC(=O)c3cc4ccccc4[nH]3)C(=O)C12C. The predicted octanol–water partition coefficient (Wildman–Crippen LogP) is 3.07. The summed E-state index contributed by atoms with van der Waals surface area (Å²) in [4.78, 5) is 54.7. The highest BCUT2D eigenvalue weighted by atomic mass is 16.5. The van der Waals surface area contributed by atoms with Gasteiger partial charge in [-0.3, -0.25) is 19.2 Å². The first-order valence-corrected chi connectivity index (χ1v) is 12.4. The number of ketones is 3. The van der Waals surface area contributed by atoms with Gasteiger partial charge in [0.05, 0.1) is 11.1 Å². The number of amides is 1. The van der Waals surface area contributed by atoms with Gasteiger partial charge in [0.2, 0.25) is 0 Å². The average Bonchev–Trinajstić information content (AvgIpc) is 3.45. The Kier molecular flexibility index (Phi) is 6.05. The molecule has 200 valence electrons. The van der Waals surface area contributed by atoms with E-state index in [4.69, 9.17) is 4.74 Å². The normalized spacial score (nSPS) is 19.2.